The molecule has 3 heterocycles. The summed E-state index contributed by atoms with van der Waals surface area (Å²) in [6.45, 7) is 4.17. The van der Waals surface area contributed by atoms with Crippen molar-refractivity contribution in [1.29, 1.82) is 0 Å². The van der Waals surface area contributed by atoms with E-state index in [9.17, 15) is 4.79 Å². The highest BCUT2D eigenvalue weighted by Crippen LogP contribution is 2.47. The van der Waals surface area contributed by atoms with Gasteiger partial charge < -0.3 is 24.1 Å². The maximum atomic E-state index is 13.4. The van der Waals surface area contributed by atoms with Gasteiger partial charge in [-0.1, -0.05) is 24.3 Å². The molecule has 8 heteroatoms. The first-order valence-electron chi connectivity index (χ1n) is 10.7. The van der Waals surface area contributed by atoms with Crippen LogP contribution in [0.4, 0.5) is 0 Å². The van der Waals surface area contributed by atoms with Crippen LogP contribution in [0.3, 0.4) is 0 Å². The summed E-state index contributed by atoms with van der Waals surface area (Å²) in [6.07, 6.45) is 2.28. The lowest BCUT2D eigenvalue weighted by atomic mass is 9.88. The molecule has 2 atom stereocenters. The van der Waals surface area contributed by atoms with Gasteiger partial charge in [-0.2, -0.15) is 0 Å². The van der Waals surface area contributed by atoms with Crippen molar-refractivity contribution in [1.82, 2.24) is 14.8 Å². The number of carbonyl (C=O) groups is 1. The van der Waals surface area contributed by atoms with E-state index in [1.54, 1.807) is 32.3 Å². The summed E-state index contributed by atoms with van der Waals surface area (Å²) >= 11 is 5.82. The molecule has 1 amide bonds. The van der Waals surface area contributed by atoms with E-state index >= 15 is 0 Å². The van der Waals surface area contributed by atoms with Crippen molar-refractivity contribution in [2.75, 3.05) is 27.9 Å². The number of H-pyrrole nitrogens is 1. The number of hydrogen-bond acceptors (Lipinski definition) is 5. The zero-order valence-electron chi connectivity index (χ0n) is 18.8. The average molecular weight is 464 g/mol. The van der Waals surface area contributed by atoms with Crippen LogP contribution in [0.5, 0.6) is 17.2 Å². The van der Waals surface area contributed by atoms with Gasteiger partial charge in [-0.25, -0.2) is 0 Å². The SMILES string of the molecule is C=CCN1C(=O)[C@@H]2Cc3c([nH]c4ccccc34)C(c3cc(OC)c(OC)c(OC)c3)N2C1=S. The number of thiocarbonyl (C=S) groups is 1. The van der Waals surface area contributed by atoms with Gasteiger partial charge in [0.2, 0.25) is 5.75 Å². The van der Waals surface area contributed by atoms with Crippen molar-refractivity contribution in [3.63, 3.8) is 0 Å². The molecule has 0 spiro atoms. The molecular formula is C25H25N3O4S. The van der Waals surface area contributed by atoms with E-state index in [2.05, 4.69) is 23.7 Å². The molecule has 33 heavy (non-hydrogen) atoms. The molecule has 1 N–H and O–H groups in total. The van der Waals surface area contributed by atoms with Gasteiger partial charge in [0.1, 0.15) is 6.04 Å². The van der Waals surface area contributed by atoms with Crippen LogP contribution in [-0.2, 0) is 11.2 Å². The molecule has 3 aromatic rings. The van der Waals surface area contributed by atoms with Gasteiger partial charge in [-0.3, -0.25) is 9.69 Å². The van der Waals surface area contributed by atoms with Crippen LogP contribution >= 0.6 is 12.2 Å². The molecule has 0 radical (unpaired) electrons. The number of benzene rings is 2. The summed E-state index contributed by atoms with van der Waals surface area (Å²) in [5.41, 5.74) is 4.06. The number of para-hydroxylation sites is 1. The Morgan fingerprint density at radius 2 is 1.85 bits per heavy atom. The lowest BCUT2D eigenvalue weighted by molar-refractivity contribution is -0.128. The van der Waals surface area contributed by atoms with Crippen LogP contribution in [-0.4, -0.2) is 59.7 Å². The lowest BCUT2D eigenvalue weighted by Crippen LogP contribution is -2.44. The number of hydrogen-bond donors (Lipinski definition) is 1. The third-order valence-corrected chi connectivity index (χ3v) is 6.88. The summed E-state index contributed by atoms with van der Waals surface area (Å²) in [5.74, 6) is 1.60. The van der Waals surface area contributed by atoms with E-state index in [0.717, 1.165) is 27.7 Å². The number of rotatable bonds is 6. The number of methoxy groups -OCH3 is 3. The highest BCUT2D eigenvalue weighted by molar-refractivity contribution is 7.80. The number of aromatic nitrogens is 1. The van der Waals surface area contributed by atoms with Crippen molar-refractivity contribution >= 4 is 34.1 Å². The van der Waals surface area contributed by atoms with E-state index in [0.29, 0.717) is 35.3 Å². The molecule has 1 saturated heterocycles. The molecular weight excluding hydrogens is 438 g/mol. The predicted molar refractivity (Wildman–Crippen MR) is 130 cm³/mol. The second-order valence-corrected chi connectivity index (χ2v) is 8.44. The van der Waals surface area contributed by atoms with Gasteiger partial charge in [-0.15, -0.1) is 6.58 Å². The second kappa shape index (κ2) is 8.12. The van der Waals surface area contributed by atoms with E-state index in [1.807, 2.05) is 29.2 Å². The highest BCUT2D eigenvalue weighted by atomic mass is 32.1. The molecule has 1 fully saturated rings. The fourth-order valence-electron chi connectivity index (χ4n) is 5.03. The van der Waals surface area contributed by atoms with Crippen molar-refractivity contribution in [3.8, 4) is 17.2 Å². The molecule has 5 rings (SSSR count). The quantitative estimate of drug-likeness (QED) is 0.443. The fraction of sp³-hybridized carbons (Fsp3) is 0.280. The maximum Gasteiger partial charge on any atom is 0.252 e. The zero-order valence-corrected chi connectivity index (χ0v) is 19.6. The Kier molecular flexibility index (Phi) is 5.25. The van der Waals surface area contributed by atoms with Gasteiger partial charge in [0.05, 0.1) is 27.4 Å². The summed E-state index contributed by atoms with van der Waals surface area (Å²) < 4.78 is 16.8. The number of nitrogens with zero attached hydrogens (tertiary/aromatic N) is 2. The Balaban J connectivity index is 1.76. The van der Waals surface area contributed by atoms with Crippen molar-refractivity contribution in [2.45, 2.75) is 18.5 Å². The molecule has 0 bridgehead atoms. The second-order valence-electron chi connectivity index (χ2n) is 8.07. The molecule has 2 aliphatic rings. The monoisotopic (exact) mass is 463 g/mol. The molecule has 1 unspecified atom stereocenters. The van der Waals surface area contributed by atoms with Crippen LogP contribution in [0.15, 0.2) is 49.1 Å². The van der Waals surface area contributed by atoms with E-state index in [-0.39, 0.29) is 11.9 Å². The standard InChI is InChI=1S/C25H25N3O4S/c1-5-10-27-24(29)18-13-16-15-8-6-7-9-17(15)26-21(16)22(28(18)25(27)33)14-11-19(30-2)23(32-4)20(12-14)31-3/h5-9,11-12,18,22,26H,1,10,13H2,2-4H3/t18-,22?/m0/s1. The Labute approximate surface area is 197 Å². The van der Waals surface area contributed by atoms with Crippen LogP contribution in [0.25, 0.3) is 10.9 Å². The number of nitrogens with one attached hydrogen (secondary N) is 1. The minimum atomic E-state index is -0.395. The van der Waals surface area contributed by atoms with Crippen molar-refractivity contribution in [3.05, 3.63) is 65.9 Å². The largest absolute Gasteiger partial charge is 0.493 e. The third kappa shape index (κ3) is 3.08. The number of carbonyl (C=O) groups excluding carboxylic acids is 1. The van der Waals surface area contributed by atoms with E-state index in [1.165, 1.54) is 0 Å². The summed E-state index contributed by atoms with van der Waals surface area (Å²) in [7, 11) is 4.76. The van der Waals surface area contributed by atoms with Gasteiger partial charge in [0, 0.05) is 29.6 Å². The minimum absolute atomic E-state index is 0.00623. The molecule has 2 aliphatic heterocycles. The Morgan fingerprint density at radius 3 is 2.48 bits per heavy atom. The topological polar surface area (TPSA) is 67.0 Å². The smallest absolute Gasteiger partial charge is 0.252 e. The number of fused-ring (bicyclic) bond motifs is 4. The van der Waals surface area contributed by atoms with Crippen molar-refractivity contribution < 1.29 is 19.0 Å². The van der Waals surface area contributed by atoms with E-state index < -0.39 is 6.04 Å². The molecule has 0 saturated carbocycles. The first kappa shape index (κ1) is 21.3. The normalized spacial score (nSPS) is 19.5. The Hall–Kier alpha value is -3.52. The Bertz CT molecular complexity index is 1260. The first-order chi connectivity index (χ1) is 16.0. The molecule has 0 aliphatic carbocycles. The Morgan fingerprint density at radius 1 is 1.15 bits per heavy atom. The fourth-order valence-corrected chi connectivity index (χ4v) is 5.43. The molecule has 7 nitrogen and oxygen atoms in total. The minimum Gasteiger partial charge on any atom is -0.493 e. The highest BCUT2D eigenvalue weighted by Gasteiger charge is 2.50. The number of ether oxygens (including phenoxy) is 3. The van der Waals surface area contributed by atoms with Crippen LogP contribution in [0.1, 0.15) is 22.9 Å². The van der Waals surface area contributed by atoms with Gasteiger partial charge in [-0.05, 0) is 41.5 Å². The van der Waals surface area contributed by atoms with Gasteiger partial charge in [0.25, 0.3) is 5.91 Å². The first-order valence-corrected chi connectivity index (χ1v) is 11.1. The molecule has 1 aromatic heterocycles. The van der Waals surface area contributed by atoms with E-state index in [4.69, 9.17) is 26.4 Å². The number of amides is 1. The summed E-state index contributed by atoms with van der Waals surface area (Å²) in [5, 5.41) is 1.61. The van der Waals surface area contributed by atoms with Crippen molar-refractivity contribution in [2.24, 2.45) is 0 Å². The predicted octanol–water partition coefficient (Wildman–Crippen LogP) is 3.82. The van der Waals surface area contributed by atoms with Crippen LogP contribution < -0.4 is 14.2 Å². The third-order valence-electron chi connectivity index (χ3n) is 6.45. The zero-order chi connectivity index (χ0) is 23.3. The molecule has 2 aromatic carbocycles. The maximum absolute atomic E-state index is 13.4. The summed E-state index contributed by atoms with van der Waals surface area (Å²) in [6, 6.07) is 11.3. The number of aromatic amines is 1. The van der Waals surface area contributed by atoms with Crippen LogP contribution in [0, 0.1) is 0 Å². The van der Waals surface area contributed by atoms with Crippen LogP contribution in [0.2, 0.25) is 0 Å². The molecule has 170 valence electrons. The van der Waals surface area contributed by atoms with Gasteiger partial charge in [0.15, 0.2) is 16.6 Å². The summed E-state index contributed by atoms with van der Waals surface area (Å²) in [4.78, 5) is 20.7. The average Bonchev–Trinajstić information content (AvgIpc) is 3.32. The van der Waals surface area contributed by atoms with Gasteiger partial charge >= 0.3 is 0 Å². The lowest BCUT2D eigenvalue weighted by Gasteiger charge is -2.37.